The van der Waals surface area contributed by atoms with Gasteiger partial charge in [-0.05, 0) is 18.7 Å². The Hall–Kier alpha value is -1.85. The molecule has 1 aromatic rings. The molecule has 2 N–H and O–H groups in total. The Morgan fingerprint density at radius 2 is 2.19 bits per heavy atom. The number of hydrogen-bond acceptors (Lipinski definition) is 3. The van der Waals surface area contributed by atoms with E-state index in [0.717, 1.165) is 47.4 Å². The number of piperidine rings is 1. The van der Waals surface area contributed by atoms with Gasteiger partial charge >= 0.3 is 0 Å². The van der Waals surface area contributed by atoms with Gasteiger partial charge in [-0.15, -0.1) is 0 Å². The van der Waals surface area contributed by atoms with Crippen LogP contribution in [0, 0.1) is 11.8 Å². The molecule has 2 saturated heterocycles. The fraction of sp³-hybridized carbons (Fsp3) is 0.571. The van der Waals surface area contributed by atoms with Crippen molar-refractivity contribution in [3.05, 3.63) is 41.3 Å². The van der Waals surface area contributed by atoms with Gasteiger partial charge < -0.3 is 19.4 Å². The van der Waals surface area contributed by atoms with Crippen LogP contribution in [0.15, 0.2) is 40.8 Å². The van der Waals surface area contributed by atoms with E-state index >= 15 is 0 Å². The number of aliphatic imine (C=N–C) groups is 1. The van der Waals surface area contributed by atoms with Crippen LogP contribution in [0.4, 0.5) is 5.69 Å². The number of quaternary nitrogens is 1. The lowest BCUT2D eigenvalue weighted by Crippen LogP contribution is -2.67. The molecule has 26 heavy (non-hydrogen) atoms. The smallest absolute Gasteiger partial charge is 0.159 e. The molecule has 0 aromatic heterocycles. The zero-order valence-electron chi connectivity index (χ0n) is 15.7. The minimum atomic E-state index is -0.243. The molecule has 1 aliphatic carbocycles. The standard InChI is InChI=1S/C21H26N2O3/c1-12(24)14-11-23(2)9-8-21-15-6-4-5-7-16(15)22-19(21)18(20(25)26-3)13(14)10-17(21)23/h4-7,12-14,17,24H,8-11H2,1-3H3/p+1/t12-,13-,14-,17-,21?,23?/m0/s1. The summed E-state index contributed by atoms with van der Waals surface area (Å²) >= 11 is 0. The minimum absolute atomic E-state index is 0.0884. The number of nitrogens with zero attached hydrogens (tertiary/aromatic N) is 2. The van der Waals surface area contributed by atoms with Gasteiger partial charge in [0.05, 0.1) is 48.8 Å². The molecule has 2 unspecified atom stereocenters. The topological polar surface area (TPSA) is 67.5 Å². The number of benzene rings is 1. The Bertz CT molecular complexity index is 845. The second kappa shape index (κ2) is 5.11. The molecule has 0 amide bonds. The molecule has 5 rings (SSSR count). The Labute approximate surface area is 154 Å². The van der Waals surface area contributed by atoms with Gasteiger partial charge in [-0.3, -0.25) is 4.99 Å². The van der Waals surface area contributed by atoms with Crippen molar-refractivity contribution in [3.8, 4) is 0 Å². The zero-order valence-corrected chi connectivity index (χ0v) is 15.7. The molecule has 5 nitrogen and oxygen atoms in total. The number of likely N-dealkylation sites (N-methyl/N-ethyl adjacent to an activating group) is 1. The number of allylic oxidation sites excluding steroid dienone is 1. The number of methoxy groups -OCH3 is 1. The maximum atomic E-state index is 12.9. The second-order valence-electron chi connectivity index (χ2n) is 8.80. The number of para-hydroxylation sites is 1. The molecule has 138 valence electrons. The van der Waals surface area contributed by atoms with E-state index in [1.165, 1.54) is 12.7 Å². The van der Waals surface area contributed by atoms with Gasteiger partial charge in [0.15, 0.2) is 6.10 Å². The molecule has 0 radical (unpaired) electrons. The van der Waals surface area contributed by atoms with E-state index in [4.69, 9.17) is 14.8 Å². The van der Waals surface area contributed by atoms with Crippen LogP contribution in [0.3, 0.4) is 0 Å². The lowest BCUT2D eigenvalue weighted by molar-refractivity contribution is -0.933. The normalized spacial score (nSPS) is 42.6. The van der Waals surface area contributed by atoms with Gasteiger partial charge in [0.1, 0.15) is 6.04 Å². The molecular formula is C21H27N2O3+. The van der Waals surface area contributed by atoms with Crippen LogP contribution >= 0.6 is 0 Å². The van der Waals surface area contributed by atoms with Gasteiger partial charge in [-0.1, -0.05) is 18.2 Å². The van der Waals surface area contributed by atoms with Crippen molar-refractivity contribution in [1.82, 2.24) is 0 Å². The van der Waals surface area contributed by atoms with Crippen LogP contribution in [0.25, 0.3) is 0 Å². The molecule has 1 saturated carbocycles. The fourth-order valence-electron chi connectivity index (χ4n) is 6.54. The van der Waals surface area contributed by atoms with Crippen molar-refractivity contribution in [2.45, 2.75) is 37.3 Å². The van der Waals surface area contributed by atoms with Crippen LogP contribution in [0.2, 0.25) is 0 Å². The highest BCUT2D eigenvalue weighted by Gasteiger charge is 2.69. The molecule has 3 fully saturated rings. The highest BCUT2D eigenvalue weighted by molar-refractivity contribution is 6.14. The molecule has 3 heterocycles. The van der Waals surface area contributed by atoms with Gasteiger partial charge in [0, 0.05) is 31.3 Å². The van der Waals surface area contributed by atoms with Crippen molar-refractivity contribution >= 4 is 11.4 Å². The van der Waals surface area contributed by atoms with Crippen molar-refractivity contribution in [2.24, 2.45) is 16.8 Å². The highest BCUT2D eigenvalue weighted by atomic mass is 16.6. The predicted molar refractivity (Wildman–Crippen MR) is 98.2 cm³/mol. The highest BCUT2D eigenvalue weighted by Crippen LogP contribution is 2.62. The Kier molecular flexibility index (Phi) is 3.21. The van der Waals surface area contributed by atoms with Crippen molar-refractivity contribution in [1.29, 1.82) is 0 Å². The number of fused-ring (bicyclic) bond motifs is 2. The molecular weight excluding hydrogens is 328 g/mol. The van der Waals surface area contributed by atoms with Crippen LogP contribution in [0.1, 0.15) is 25.3 Å². The van der Waals surface area contributed by atoms with Gasteiger partial charge in [0.25, 0.3) is 0 Å². The average Bonchev–Trinajstić information content (AvgIpc) is 3.14. The summed E-state index contributed by atoms with van der Waals surface area (Å²) in [7, 11) is 3.82. The summed E-state index contributed by atoms with van der Waals surface area (Å²) in [6.45, 7) is 4.02. The number of hydrogen-bond donors (Lipinski definition) is 0. The fourth-order valence-corrected chi connectivity index (χ4v) is 6.54. The number of rotatable bonds is 2. The molecule has 6 atom stereocenters. The minimum Gasteiger partial charge on any atom is -0.616 e. The van der Waals surface area contributed by atoms with Crippen LogP contribution in [-0.4, -0.2) is 54.7 Å². The third-order valence-electron chi connectivity index (χ3n) is 7.67. The Morgan fingerprint density at radius 1 is 1.42 bits per heavy atom. The SMILES string of the molecule is COC([O-])=C1C2=Nc3ccccc3C23CC[N+]2(C)C[C@@H]([C@H](C)[OH2+])[C@@H]1C[C@@H]32. The molecule has 2 bridgehead atoms. The summed E-state index contributed by atoms with van der Waals surface area (Å²) in [6, 6.07) is 8.84. The summed E-state index contributed by atoms with van der Waals surface area (Å²) in [4.78, 5) is 5.01. The zero-order chi connectivity index (χ0) is 18.3. The van der Waals surface area contributed by atoms with E-state index in [-0.39, 0.29) is 29.3 Å². The first kappa shape index (κ1) is 16.3. The molecule has 1 spiro atoms. The summed E-state index contributed by atoms with van der Waals surface area (Å²) < 4.78 is 6.23. The first-order chi connectivity index (χ1) is 12.4. The Balaban J connectivity index is 1.79. The van der Waals surface area contributed by atoms with Crippen LogP contribution < -0.4 is 5.11 Å². The lowest BCUT2D eigenvalue weighted by Gasteiger charge is -2.54. The lowest BCUT2D eigenvalue weighted by atomic mass is 9.57. The molecule has 3 aliphatic heterocycles. The molecule has 4 aliphatic rings. The van der Waals surface area contributed by atoms with E-state index in [1.54, 1.807) is 0 Å². The van der Waals surface area contributed by atoms with Crippen molar-refractivity contribution < 1.29 is 19.4 Å². The summed E-state index contributed by atoms with van der Waals surface area (Å²) in [5.74, 6) is 0.0198. The van der Waals surface area contributed by atoms with Gasteiger partial charge in [-0.2, -0.15) is 0 Å². The van der Waals surface area contributed by atoms with E-state index in [0.29, 0.717) is 6.04 Å². The van der Waals surface area contributed by atoms with Crippen LogP contribution in [0.5, 0.6) is 0 Å². The maximum Gasteiger partial charge on any atom is 0.159 e. The summed E-state index contributed by atoms with van der Waals surface area (Å²) in [6.07, 6.45) is 1.78. The quantitative estimate of drug-likeness (QED) is 0.455. The van der Waals surface area contributed by atoms with Gasteiger partial charge in [0.2, 0.25) is 0 Å². The largest absolute Gasteiger partial charge is 0.616 e. The number of ether oxygens (including phenoxy) is 1. The summed E-state index contributed by atoms with van der Waals surface area (Å²) in [5, 5.41) is 21.3. The predicted octanol–water partition coefficient (Wildman–Crippen LogP) is 1.21. The van der Waals surface area contributed by atoms with Crippen molar-refractivity contribution in [2.75, 3.05) is 27.2 Å². The average molecular weight is 355 g/mol. The van der Waals surface area contributed by atoms with E-state index < -0.39 is 0 Å². The van der Waals surface area contributed by atoms with Crippen LogP contribution in [-0.2, 0) is 10.2 Å². The van der Waals surface area contributed by atoms with Crippen molar-refractivity contribution in [3.63, 3.8) is 0 Å². The van der Waals surface area contributed by atoms with Gasteiger partial charge in [-0.25, -0.2) is 0 Å². The Morgan fingerprint density at radius 3 is 2.92 bits per heavy atom. The first-order valence-corrected chi connectivity index (χ1v) is 9.62. The third kappa shape index (κ3) is 1.75. The van der Waals surface area contributed by atoms with E-state index in [2.05, 4.69) is 25.2 Å². The first-order valence-electron chi connectivity index (χ1n) is 9.62. The van der Waals surface area contributed by atoms with E-state index in [9.17, 15) is 5.11 Å². The monoisotopic (exact) mass is 355 g/mol. The molecule has 5 heteroatoms. The van der Waals surface area contributed by atoms with E-state index in [1.807, 2.05) is 13.0 Å². The molecule has 1 aromatic carbocycles. The maximum absolute atomic E-state index is 12.9. The second-order valence-corrected chi connectivity index (χ2v) is 8.80. The third-order valence-corrected chi connectivity index (χ3v) is 7.67. The summed E-state index contributed by atoms with van der Waals surface area (Å²) in [5.41, 5.74) is 3.87.